The fraction of sp³-hybridized carbons (Fsp3) is 0.375. The van der Waals surface area contributed by atoms with E-state index < -0.39 is 7.32 Å². The van der Waals surface area contributed by atoms with E-state index in [4.69, 9.17) is 15.4 Å². The molecular weight excluding hydrogens is 199 g/mol. The molecule has 0 saturated carbocycles. The topological polar surface area (TPSA) is 86.3 Å². The maximum Gasteiger partial charge on any atom is 0.711 e. The second-order valence-electron chi connectivity index (χ2n) is 2.67. The first-order chi connectivity index (χ1) is 7.26. The van der Waals surface area contributed by atoms with E-state index in [-0.39, 0.29) is 6.73 Å². The Bertz CT molecular complexity index is 290. The van der Waals surface area contributed by atoms with Gasteiger partial charge in [-0.3, -0.25) is 0 Å². The van der Waals surface area contributed by atoms with Crippen molar-refractivity contribution < 1.29 is 19.2 Å². The quantitative estimate of drug-likeness (QED) is 0.373. The van der Waals surface area contributed by atoms with Crippen LogP contribution in [0, 0.1) is 0 Å². The van der Waals surface area contributed by atoms with E-state index in [0.29, 0.717) is 12.2 Å². The van der Waals surface area contributed by atoms with Crippen LogP contribution in [0.15, 0.2) is 29.1 Å². The molecule has 82 valence electrons. The number of oxime groups is 1. The van der Waals surface area contributed by atoms with Crippen molar-refractivity contribution in [2.75, 3.05) is 13.8 Å². The van der Waals surface area contributed by atoms with Crippen LogP contribution in [-0.4, -0.2) is 31.9 Å². The summed E-state index contributed by atoms with van der Waals surface area (Å²) in [5.74, 6) is 0.506. The highest BCUT2D eigenvalue weighted by Gasteiger charge is 2.18. The minimum absolute atomic E-state index is 0.103. The Labute approximate surface area is 88.2 Å². The van der Waals surface area contributed by atoms with Crippen molar-refractivity contribution in [2.24, 2.45) is 10.9 Å². The molecule has 0 aromatic carbocycles. The second-order valence-corrected chi connectivity index (χ2v) is 2.67. The van der Waals surface area contributed by atoms with Gasteiger partial charge in [0.25, 0.3) is 0 Å². The zero-order valence-electron chi connectivity index (χ0n) is 8.42. The summed E-state index contributed by atoms with van der Waals surface area (Å²) in [5, 5.41) is 12.9. The average Bonchev–Trinajstić information content (AvgIpc) is 2.22. The number of nitrogens with zero attached hydrogens (tertiary/aromatic N) is 1. The minimum atomic E-state index is -1.34. The smallest absolute Gasteiger partial charge is 0.512 e. The molecule has 0 radical (unpaired) electrons. The van der Waals surface area contributed by atoms with Crippen LogP contribution >= 0.6 is 0 Å². The van der Waals surface area contributed by atoms with Gasteiger partial charge in [0, 0.05) is 6.42 Å². The molecule has 0 fully saturated rings. The van der Waals surface area contributed by atoms with Crippen LogP contribution in [0.5, 0.6) is 0 Å². The van der Waals surface area contributed by atoms with Crippen LogP contribution in [-0.2, 0) is 14.1 Å². The molecule has 0 spiro atoms. The Morgan fingerprint density at radius 3 is 2.93 bits per heavy atom. The molecule has 6 nitrogen and oxygen atoms in total. The monoisotopic (exact) mass is 212 g/mol. The molecule has 0 atom stereocenters. The second kappa shape index (κ2) is 6.23. The normalized spacial score (nSPS) is 17.5. The lowest BCUT2D eigenvalue weighted by Gasteiger charge is -2.12. The molecule has 7 heteroatoms. The molecule has 1 rings (SSSR count). The van der Waals surface area contributed by atoms with Crippen molar-refractivity contribution in [1.82, 2.24) is 0 Å². The summed E-state index contributed by atoms with van der Waals surface area (Å²) in [7, 11) is 0.141. The largest absolute Gasteiger partial charge is 0.711 e. The molecule has 0 heterocycles. The highest BCUT2D eigenvalue weighted by atomic mass is 16.7. The van der Waals surface area contributed by atoms with E-state index in [9.17, 15) is 0 Å². The molecule has 0 aromatic rings. The Kier molecular flexibility index (Phi) is 4.89. The van der Waals surface area contributed by atoms with E-state index in [1.165, 1.54) is 7.11 Å². The van der Waals surface area contributed by atoms with E-state index in [2.05, 4.69) is 14.6 Å². The SMILES string of the molecule is CON=C1C=CC(OB(O)OCN)=CC1. The number of allylic oxidation sites excluding steroid dienone is 3. The summed E-state index contributed by atoms with van der Waals surface area (Å²) < 4.78 is 9.59. The summed E-state index contributed by atoms with van der Waals surface area (Å²) in [6.45, 7) is -0.103. The van der Waals surface area contributed by atoms with E-state index in [1.807, 2.05) is 0 Å². The van der Waals surface area contributed by atoms with Crippen LogP contribution < -0.4 is 5.73 Å². The molecular formula is C8H13BN2O4. The molecule has 3 N–H and O–H groups in total. The van der Waals surface area contributed by atoms with Gasteiger partial charge in [0.2, 0.25) is 0 Å². The number of hydrogen-bond acceptors (Lipinski definition) is 6. The van der Waals surface area contributed by atoms with Crippen LogP contribution in [0.4, 0.5) is 0 Å². The molecule has 15 heavy (non-hydrogen) atoms. The molecule has 0 aliphatic heterocycles. The summed E-state index contributed by atoms with van der Waals surface area (Å²) in [4.78, 5) is 4.61. The van der Waals surface area contributed by atoms with Gasteiger partial charge in [-0.15, -0.1) is 0 Å². The van der Waals surface area contributed by atoms with E-state index in [0.717, 1.165) is 5.71 Å². The maximum atomic E-state index is 9.12. The average molecular weight is 212 g/mol. The summed E-state index contributed by atoms with van der Waals surface area (Å²) >= 11 is 0. The van der Waals surface area contributed by atoms with E-state index >= 15 is 0 Å². The summed E-state index contributed by atoms with van der Waals surface area (Å²) in [6.07, 6.45) is 5.72. The van der Waals surface area contributed by atoms with Crippen LogP contribution in [0.1, 0.15) is 6.42 Å². The maximum absolute atomic E-state index is 9.12. The molecule has 0 aromatic heterocycles. The van der Waals surface area contributed by atoms with Crippen LogP contribution in [0.3, 0.4) is 0 Å². The van der Waals surface area contributed by atoms with Gasteiger partial charge in [-0.05, 0) is 18.2 Å². The van der Waals surface area contributed by atoms with Crippen molar-refractivity contribution >= 4 is 13.0 Å². The highest BCUT2D eigenvalue weighted by molar-refractivity contribution is 6.35. The van der Waals surface area contributed by atoms with Gasteiger partial charge < -0.3 is 24.9 Å². The first-order valence-electron chi connectivity index (χ1n) is 4.41. The third kappa shape index (κ3) is 4.15. The lowest BCUT2D eigenvalue weighted by atomic mass is 10.1. The number of rotatable bonds is 5. The summed E-state index contributed by atoms with van der Waals surface area (Å²) in [5.41, 5.74) is 5.84. The van der Waals surface area contributed by atoms with Gasteiger partial charge in [-0.25, -0.2) is 0 Å². The van der Waals surface area contributed by atoms with Crippen LogP contribution in [0.2, 0.25) is 0 Å². The first-order valence-corrected chi connectivity index (χ1v) is 4.41. The van der Waals surface area contributed by atoms with Crippen molar-refractivity contribution in [1.29, 1.82) is 0 Å². The molecule has 0 saturated heterocycles. The number of nitrogens with two attached hydrogens (primary N) is 1. The highest BCUT2D eigenvalue weighted by Crippen LogP contribution is 2.10. The van der Waals surface area contributed by atoms with Crippen molar-refractivity contribution in [3.8, 4) is 0 Å². The minimum Gasteiger partial charge on any atom is -0.512 e. The van der Waals surface area contributed by atoms with Crippen LogP contribution in [0.25, 0.3) is 0 Å². The van der Waals surface area contributed by atoms with E-state index in [1.54, 1.807) is 18.2 Å². The lowest BCUT2D eigenvalue weighted by molar-refractivity contribution is 0.172. The van der Waals surface area contributed by atoms with Gasteiger partial charge in [-0.2, -0.15) is 0 Å². The van der Waals surface area contributed by atoms with Crippen molar-refractivity contribution in [3.05, 3.63) is 24.0 Å². The predicted octanol–water partition coefficient (Wildman–Crippen LogP) is -0.241. The standard InChI is InChI=1S/C8H13BN2O4/c1-13-11-7-2-4-8(5-3-7)15-9(12)14-6-10/h2,4-5,12H,3,6,10H2,1H3. The van der Waals surface area contributed by atoms with Gasteiger partial charge in [0.05, 0.1) is 18.2 Å². The molecule has 1 aliphatic carbocycles. The van der Waals surface area contributed by atoms with Crippen molar-refractivity contribution in [2.45, 2.75) is 6.42 Å². The van der Waals surface area contributed by atoms with Gasteiger partial charge >= 0.3 is 7.32 Å². The Balaban J connectivity index is 2.41. The van der Waals surface area contributed by atoms with Gasteiger partial charge in [0.1, 0.15) is 7.11 Å². The van der Waals surface area contributed by atoms with Gasteiger partial charge in [-0.1, -0.05) is 5.16 Å². The molecule has 0 amide bonds. The van der Waals surface area contributed by atoms with Crippen molar-refractivity contribution in [3.63, 3.8) is 0 Å². The lowest BCUT2D eigenvalue weighted by Crippen LogP contribution is -2.25. The molecule has 1 aliphatic rings. The molecule has 0 bridgehead atoms. The Morgan fingerprint density at radius 1 is 1.60 bits per heavy atom. The van der Waals surface area contributed by atoms with Gasteiger partial charge in [0.15, 0.2) is 0 Å². The molecule has 0 unspecified atom stereocenters. The Hall–Kier alpha value is -1.31. The zero-order valence-corrected chi connectivity index (χ0v) is 8.42. The number of hydrogen-bond donors (Lipinski definition) is 2. The fourth-order valence-corrected chi connectivity index (χ4v) is 1.02. The third-order valence-corrected chi connectivity index (χ3v) is 1.64. The predicted molar refractivity (Wildman–Crippen MR) is 55.5 cm³/mol. The first kappa shape index (κ1) is 11.8. The fourth-order valence-electron chi connectivity index (χ4n) is 1.02. The zero-order chi connectivity index (χ0) is 11.1. The summed E-state index contributed by atoms with van der Waals surface area (Å²) in [6, 6.07) is 0. The third-order valence-electron chi connectivity index (χ3n) is 1.64. The Morgan fingerprint density at radius 2 is 2.40 bits per heavy atom.